The number of carbonyl (C=O) groups is 1. The van der Waals surface area contributed by atoms with Gasteiger partial charge in [0.25, 0.3) is 0 Å². The van der Waals surface area contributed by atoms with E-state index in [9.17, 15) is 4.79 Å². The van der Waals surface area contributed by atoms with Crippen molar-refractivity contribution < 1.29 is 14.3 Å². The summed E-state index contributed by atoms with van der Waals surface area (Å²) >= 11 is 3.20. The summed E-state index contributed by atoms with van der Waals surface area (Å²) < 4.78 is 10.7. The molecule has 0 radical (unpaired) electrons. The summed E-state index contributed by atoms with van der Waals surface area (Å²) in [6, 6.07) is 3.42. The maximum atomic E-state index is 11.4. The zero-order valence-corrected chi connectivity index (χ0v) is 11.1. The van der Waals surface area contributed by atoms with Crippen LogP contribution in [0.3, 0.4) is 0 Å². The highest BCUT2D eigenvalue weighted by Crippen LogP contribution is 2.21. The van der Waals surface area contributed by atoms with Gasteiger partial charge < -0.3 is 9.47 Å². The summed E-state index contributed by atoms with van der Waals surface area (Å²) in [6.07, 6.45) is 0. The van der Waals surface area contributed by atoms with Gasteiger partial charge in [0.1, 0.15) is 4.60 Å². The van der Waals surface area contributed by atoms with Crippen LogP contribution in [-0.4, -0.2) is 24.7 Å². The zero-order chi connectivity index (χ0) is 12.1. The Bertz CT molecular complexity index is 379. The molecule has 0 atom stereocenters. The minimum absolute atomic E-state index is 0.192. The van der Waals surface area contributed by atoms with Crippen LogP contribution in [0.1, 0.15) is 24.3 Å². The van der Waals surface area contributed by atoms with Crippen molar-refractivity contribution >= 4 is 21.9 Å². The maximum Gasteiger partial charge on any atom is 0.360 e. The Kier molecular flexibility index (Phi) is 4.73. The van der Waals surface area contributed by atoms with Crippen LogP contribution >= 0.6 is 15.9 Å². The van der Waals surface area contributed by atoms with Gasteiger partial charge in [0.15, 0.2) is 11.4 Å². The van der Waals surface area contributed by atoms with E-state index >= 15 is 0 Å². The highest BCUT2D eigenvalue weighted by Gasteiger charge is 2.15. The van der Waals surface area contributed by atoms with Crippen LogP contribution in [0.4, 0.5) is 0 Å². The Hall–Kier alpha value is -1.10. The SMILES string of the molecule is COC(=O)c1nc(Br)ccc1OCC(C)C. The van der Waals surface area contributed by atoms with Crippen molar-refractivity contribution in [3.05, 3.63) is 22.4 Å². The molecule has 0 bridgehead atoms. The van der Waals surface area contributed by atoms with Gasteiger partial charge >= 0.3 is 5.97 Å². The molecule has 16 heavy (non-hydrogen) atoms. The standard InChI is InChI=1S/C11H14BrNO3/c1-7(2)6-16-8-4-5-9(12)13-10(8)11(14)15-3/h4-5,7H,6H2,1-3H3. The number of aromatic nitrogens is 1. The minimum atomic E-state index is -0.500. The van der Waals surface area contributed by atoms with Crippen molar-refractivity contribution in [2.75, 3.05) is 13.7 Å². The zero-order valence-electron chi connectivity index (χ0n) is 9.49. The first-order valence-electron chi connectivity index (χ1n) is 4.92. The van der Waals surface area contributed by atoms with Crippen molar-refractivity contribution in [1.82, 2.24) is 4.98 Å². The first-order chi connectivity index (χ1) is 7.54. The highest BCUT2D eigenvalue weighted by atomic mass is 79.9. The second-order valence-electron chi connectivity index (χ2n) is 3.68. The number of pyridine rings is 1. The Morgan fingerprint density at radius 2 is 2.19 bits per heavy atom. The third kappa shape index (κ3) is 3.48. The number of nitrogens with zero attached hydrogens (tertiary/aromatic N) is 1. The van der Waals surface area contributed by atoms with Crippen molar-refractivity contribution in [2.45, 2.75) is 13.8 Å². The predicted molar refractivity (Wildman–Crippen MR) is 63.6 cm³/mol. The molecule has 1 aromatic rings. The van der Waals surface area contributed by atoms with Gasteiger partial charge in [-0.15, -0.1) is 0 Å². The molecule has 0 saturated carbocycles. The van der Waals surface area contributed by atoms with Gasteiger partial charge in [0, 0.05) is 0 Å². The molecule has 0 fully saturated rings. The molecule has 0 amide bonds. The van der Waals surface area contributed by atoms with Gasteiger partial charge in [-0.25, -0.2) is 9.78 Å². The van der Waals surface area contributed by atoms with Crippen molar-refractivity contribution in [3.63, 3.8) is 0 Å². The number of ether oxygens (including phenoxy) is 2. The fourth-order valence-electron chi connectivity index (χ4n) is 1.04. The number of carbonyl (C=O) groups excluding carboxylic acids is 1. The Morgan fingerprint density at radius 1 is 1.50 bits per heavy atom. The Morgan fingerprint density at radius 3 is 2.75 bits per heavy atom. The van der Waals surface area contributed by atoms with E-state index in [0.717, 1.165) is 0 Å². The molecular formula is C11H14BrNO3. The van der Waals surface area contributed by atoms with Gasteiger partial charge in [-0.2, -0.15) is 0 Å². The van der Waals surface area contributed by atoms with Crippen LogP contribution in [0, 0.1) is 5.92 Å². The van der Waals surface area contributed by atoms with Crippen molar-refractivity contribution in [3.8, 4) is 5.75 Å². The maximum absolute atomic E-state index is 11.4. The largest absolute Gasteiger partial charge is 0.491 e. The molecule has 0 N–H and O–H groups in total. The quantitative estimate of drug-likeness (QED) is 0.631. The molecule has 0 spiro atoms. The lowest BCUT2D eigenvalue weighted by atomic mass is 10.2. The third-order valence-electron chi connectivity index (χ3n) is 1.78. The molecule has 1 heterocycles. The van der Waals surface area contributed by atoms with Crippen LogP contribution in [0.15, 0.2) is 16.7 Å². The number of halogens is 1. The fraction of sp³-hybridized carbons (Fsp3) is 0.455. The molecule has 4 nitrogen and oxygen atoms in total. The number of hydrogen-bond acceptors (Lipinski definition) is 4. The smallest absolute Gasteiger partial charge is 0.360 e. The Balaban J connectivity index is 2.93. The van der Waals surface area contributed by atoms with Crippen LogP contribution in [-0.2, 0) is 4.74 Å². The average Bonchev–Trinajstić information content (AvgIpc) is 2.26. The van der Waals surface area contributed by atoms with E-state index in [1.165, 1.54) is 7.11 Å². The number of methoxy groups -OCH3 is 1. The summed E-state index contributed by atoms with van der Waals surface area (Å²) in [4.78, 5) is 15.5. The molecule has 0 aliphatic rings. The van der Waals surface area contributed by atoms with E-state index < -0.39 is 5.97 Å². The van der Waals surface area contributed by atoms with E-state index in [4.69, 9.17) is 4.74 Å². The molecular weight excluding hydrogens is 274 g/mol. The van der Waals surface area contributed by atoms with Crippen molar-refractivity contribution in [1.29, 1.82) is 0 Å². The molecule has 1 aromatic heterocycles. The van der Waals surface area contributed by atoms with E-state index in [2.05, 4.69) is 25.7 Å². The first-order valence-corrected chi connectivity index (χ1v) is 5.71. The van der Waals surface area contributed by atoms with Crippen LogP contribution in [0.5, 0.6) is 5.75 Å². The fourth-order valence-corrected chi connectivity index (χ4v) is 1.35. The molecule has 0 saturated heterocycles. The van der Waals surface area contributed by atoms with Crippen LogP contribution < -0.4 is 4.74 Å². The summed E-state index contributed by atoms with van der Waals surface area (Å²) in [7, 11) is 1.32. The van der Waals surface area contributed by atoms with Gasteiger partial charge in [-0.3, -0.25) is 0 Å². The van der Waals surface area contributed by atoms with E-state index in [0.29, 0.717) is 22.9 Å². The number of esters is 1. The van der Waals surface area contributed by atoms with Crippen molar-refractivity contribution in [2.24, 2.45) is 5.92 Å². The molecule has 0 unspecified atom stereocenters. The summed E-state index contributed by atoms with van der Waals surface area (Å²) in [5, 5.41) is 0. The summed E-state index contributed by atoms with van der Waals surface area (Å²) in [6.45, 7) is 4.60. The first kappa shape index (κ1) is 13.0. The van der Waals surface area contributed by atoms with E-state index in [-0.39, 0.29) is 5.69 Å². The number of rotatable bonds is 4. The third-order valence-corrected chi connectivity index (χ3v) is 2.22. The Labute approximate surface area is 103 Å². The molecule has 0 aliphatic heterocycles. The molecule has 0 aliphatic carbocycles. The van der Waals surface area contributed by atoms with E-state index in [1.54, 1.807) is 12.1 Å². The predicted octanol–water partition coefficient (Wildman–Crippen LogP) is 2.67. The van der Waals surface area contributed by atoms with Crippen LogP contribution in [0.2, 0.25) is 0 Å². The normalized spacial score (nSPS) is 10.3. The summed E-state index contributed by atoms with van der Waals surface area (Å²) in [5.41, 5.74) is 0.192. The topological polar surface area (TPSA) is 48.4 Å². The number of hydrogen-bond donors (Lipinski definition) is 0. The highest BCUT2D eigenvalue weighted by molar-refractivity contribution is 9.10. The minimum Gasteiger partial charge on any atom is -0.491 e. The van der Waals surface area contributed by atoms with Crippen LogP contribution in [0.25, 0.3) is 0 Å². The monoisotopic (exact) mass is 287 g/mol. The lowest BCUT2D eigenvalue weighted by molar-refractivity contribution is 0.0587. The average molecular weight is 288 g/mol. The molecule has 88 valence electrons. The lowest BCUT2D eigenvalue weighted by Crippen LogP contribution is -2.11. The second-order valence-corrected chi connectivity index (χ2v) is 4.49. The lowest BCUT2D eigenvalue weighted by Gasteiger charge is -2.11. The molecule has 0 aromatic carbocycles. The second kappa shape index (κ2) is 5.84. The molecule has 1 rings (SSSR count). The van der Waals surface area contributed by atoms with Gasteiger partial charge in [-0.1, -0.05) is 13.8 Å². The van der Waals surface area contributed by atoms with Gasteiger partial charge in [0.2, 0.25) is 0 Å². The van der Waals surface area contributed by atoms with Gasteiger partial charge in [0.05, 0.1) is 13.7 Å². The summed E-state index contributed by atoms with van der Waals surface area (Å²) in [5.74, 6) is 0.331. The molecule has 5 heteroatoms. The van der Waals surface area contributed by atoms with E-state index in [1.807, 2.05) is 13.8 Å². The van der Waals surface area contributed by atoms with Gasteiger partial charge in [-0.05, 0) is 34.0 Å².